The molecule has 0 atom stereocenters. The highest BCUT2D eigenvalue weighted by atomic mass is 19.3. The molecule has 1 aliphatic rings. The van der Waals surface area contributed by atoms with Gasteiger partial charge in [-0.1, -0.05) is 0 Å². The van der Waals surface area contributed by atoms with Crippen LogP contribution in [0.15, 0.2) is 58.1 Å². The van der Waals surface area contributed by atoms with Gasteiger partial charge in [0, 0.05) is 37.2 Å². The highest BCUT2D eigenvalue weighted by molar-refractivity contribution is 5.96. The van der Waals surface area contributed by atoms with Crippen LogP contribution in [0.1, 0.15) is 29.3 Å². The zero-order valence-corrected chi connectivity index (χ0v) is 20.9. The van der Waals surface area contributed by atoms with Crippen molar-refractivity contribution < 1.29 is 27.3 Å². The van der Waals surface area contributed by atoms with E-state index in [2.05, 4.69) is 20.4 Å². The van der Waals surface area contributed by atoms with Crippen LogP contribution in [0.2, 0.25) is 0 Å². The van der Waals surface area contributed by atoms with Gasteiger partial charge in [0.05, 0.1) is 25.0 Å². The van der Waals surface area contributed by atoms with Crippen LogP contribution < -0.4 is 10.9 Å². The third-order valence-electron chi connectivity index (χ3n) is 6.49. The first kappa shape index (κ1) is 25.3. The van der Waals surface area contributed by atoms with Gasteiger partial charge in [-0.2, -0.15) is 9.84 Å². The van der Waals surface area contributed by atoms with Crippen molar-refractivity contribution >= 4 is 34.4 Å². The average Bonchev–Trinajstić information content (AvgIpc) is 3.57. The Hall–Kier alpha value is -5.01. The van der Waals surface area contributed by atoms with Crippen LogP contribution in [0.4, 0.5) is 19.0 Å². The average molecular weight is 551 g/mol. The molecule has 5 heterocycles. The second kappa shape index (κ2) is 9.32. The molecular weight excluding hydrogens is 531 g/mol. The predicted molar refractivity (Wildman–Crippen MR) is 136 cm³/mol. The van der Waals surface area contributed by atoms with Crippen molar-refractivity contribution in [1.82, 2.24) is 29.2 Å². The van der Waals surface area contributed by atoms with Crippen molar-refractivity contribution in [3.8, 4) is 11.3 Å². The third-order valence-corrected chi connectivity index (χ3v) is 6.49. The number of fused-ring (bicyclic) bond motifs is 2. The number of anilines is 1. The minimum atomic E-state index is -2.99. The summed E-state index contributed by atoms with van der Waals surface area (Å²) < 4.78 is 49.5. The highest BCUT2D eigenvalue weighted by Crippen LogP contribution is 2.29. The number of halogens is 3. The Bertz CT molecular complexity index is 1880. The van der Waals surface area contributed by atoms with Gasteiger partial charge >= 0.3 is 0 Å². The molecule has 6 rings (SSSR count). The number of nitrogens with one attached hydrogen (secondary N) is 1. The van der Waals surface area contributed by atoms with E-state index in [4.69, 9.17) is 4.52 Å². The summed E-state index contributed by atoms with van der Waals surface area (Å²) in [5, 5.41) is 7.16. The molecule has 40 heavy (non-hydrogen) atoms. The van der Waals surface area contributed by atoms with Gasteiger partial charge in [-0.15, -0.1) is 0 Å². The predicted octanol–water partition coefficient (Wildman–Crippen LogP) is 3.33. The van der Waals surface area contributed by atoms with E-state index >= 15 is 0 Å². The largest absolute Gasteiger partial charge is 0.355 e. The molecule has 204 valence electrons. The Balaban J connectivity index is 1.32. The molecule has 1 saturated heterocycles. The molecule has 0 bridgehead atoms. The van der Waals surface area contributed by atoms with Gasteiger partial charge < -0.3 is 14.7 Å². The summed E-state index contributed by atoms with van der Waals surface area (Å²) in [5.74, 6) is -4.27. The standard InChI is InChI=1S/C26H20F3N7O4/c1-14(37)31-21-12-35-22(32-21)5-4-20(33-35)15-9-19-23(30-10-15)40-36(25(19)39)11-16-8-17(27)2-3-18(16)24(38)34-7-6-26(28,29)13-34/h2-5,8-10,12H,6-7,11,13H2,1H3,(H,31,37). The van der Waals surface area contributed by atoms with Gasteiger partial charge in [0.2, 0.25) is 5.91 Å². The van der Waals surface area contributed by atoms with E-state index in [-0.39, 0.29) is 41.2 Å². The summed E-state index contributed by atoms with van der Waals surface area (Å²) in [7, 11) is 0. The van der Waals surface area contributed by atoms with Crippen LogP contribution in [0, 0.1) is 5.82 Å². The number of benzene rings is 1. The summed E-state index contributed by atoms with van der Waals surface area (Å²) in [4.78, 5) is 47.0. The van der Waals surface area contributed by atoms with Crippen molar-refractivity contribution in [2.24, 2.45) is 0 Å². The zero-order chi connectivity index (χ0) is 28.2. The molecule has 4 aromatic heterocycles. The molecule has 14 heteroatoms. The number of imidazole rings is 1. The first-order valence-electron chi connectivity index (χ1n) is 12.2. The molecule has 0 aliphatic carbocycles. The van der Waals surface area contributed by atoms with Crippen LogP contribution >= 0.6 is 0 Å². The van der Waals surface area contributed by atoms with E-state index < -0.39 is 36.2 Å². The molecule has 1 aliphatic heterocycles. The molecule has 0 saturated carbocycles. The summed E-state index contributed by atoms with van der Waals surface area (Å²) in [5.41, 5.74) is 0.961. The van der Waals surface area contributed by atoms with E-state index in [9.17, 15) is 27.6 Å². The maximum Gasteiger partial charge on any atom is 0.292 e. The van der Waals surface area contributed by atoms with Gasteiger partial charge in [-0.3, -0.25) is 14.4 Å². The smallest absolute Gasteiger partial charge is 0.292 e. The minimum Gasteiger partial charge on any atom is -0.355 e. The quantitative estimate of drug-likeness (QED) is 0.355. The van der Waals surface area contributed by atoms with Crippen LogP contribution in [0.3, 0.4) is 0 Å². The molecule has 1 fully saturated rings. The van der Waals surface area contributed by atoms with E-state index in [1.165, 1.54) is 36.0 Å². The monoisotopic (exact) mass is 551 g/mol. The number of nitrogens with zero attached hydrogens (tertiary/aromatic N) is 6. The maximum atomic E-state index is 14.1. The molecule has 11 nitrogen and oxygen atoms in total. The SMILES string of the molecule is CC(=O)Nc1cn2nc(-c3cnc4on(Cc5cc(F)ccc5C(=O)N5CCC(F)(F)C5)c(=O)c4c3)ccc2n1. The van der Waals surface area contributed by atoms with Gasteiger partial charge in [-0.05, 0) is 42.0 Å². The normalized spacial score (nSPS) is 14.8. The molecule has 0 spiro atoms. The summed E-state index contributed by atoms with van der Waals surface area (Å²) in [6.07, 6.45) is 2.55. The van der Waals surface area contributed by atoms with Crippen molar-refractivity contribution in [3.05, 3.63) is 76.1 Å². The first-order valence-corrected chi connectivity index (χ1v) is 12.2. The second-order valence-corrected chi connectivity index (χ2v) is 9.47. The van der Waals surface area contributed by atoms with Crippen molar-refractivity contribution in [2.45, 2.75) is 25.8 Å². The van der Waals surface area contributed by atoms with E-state index in [1.807, 2.05) is 0 Å². The van der Waals surface area contributed by atoms with Gasteiger partial charge in [0.25, 0.3) is 23.1 Å². The Labute approximate surface area is 222 Å². The van der Waals surface area contributed by atoms with Crippen molar-refractivity contribution in [2.75, 3.05) is 18.4 Å². The lowest BCUT2D eigenvalue weighted by atomic mass is 10.1. The lowest BCUT2D eigenvalue weighted by molar-refractivity contribution is -0.114. The molecule has 1 N–H and O–H groups in total. The van der Waals surface area contributed by atoms with Crippen LogP contribution in [-0.4, -0.2) is 60.0 Å². The molecule has 0 unspecified atom stereocenters. The second-order valence-electron chi connectivity index (χ2n) is 9.47. The molecular formula is C26H20F3N7O4. The van der Waals surface area contributed by atoms with Gasteiger partial charge in [0.1, 0.15) is 11.2 Å². The number of rotatable bonds is 5. The third kappa shape index (κ3) is 4.67. The number of hydrogen-bond donors (Lipinski definition) is 1. The summed E-state index contributed by atoms with van der Waals surface area (Å²) in [6.45, 7) is 0.183. The van der Waals surface area contributed by atoms with E-state index in [1.54, 1.807) is 12.1 Å². The van der Waals surface area contributed by atoms with Crippen LogP contribution in [0.25, 0.3) is 28.0 Å². The fourth-order valence-electron chi connectivity index (χ4n) is 4.62. The number of carbonyl (C=O) groups excluding carboxylic acids is 2. The molecule has 2 amide bonds. The Kier molecular flexibility index (Phi) is 5.89. The fourth-order valence-corrected chi connectivity index (χ4v) is 4.62. The number of aromatic nitrogens is 5. The lowest BCUT2D eigenvalue weighted by Crippen LogP contribution is -2.32. The van der Waals surface area contributed by atoms with E-state index in [0.717, 1.165) is 21.8 Å². The lowest BCUT2D eigenvalue weighted by Gasteiger charge is -2.18. The van der Waals surface area contributed by atoms with E-state index in [0.29, 0.717) is 22.7 Å². The number of likely N-dealkylation sites (tertiary alicyclic amines) is 1. The summed E-state index contributed by atoms with van der Waals surface area (Å²) >= 11 is 0. The fraction of sp³-hybridized carbons (Fsp3) is 0.231. The maximum absolute atomic E-state index is 14.1. The highest BCUT2D eigenvalue weighted by Gasteiger charge is 2.40. The number of pyridine rings is 1. The number of carbonyl (C=O) groups is 2. The first-order chi connectivity index (χ1) is 19.1. The Morgan fingerprint density at radius 3 is 2.75 bits per heavy atom. The van der Waals surface area contributed by atoms with Crippen molar-refractivity contribution in [1.29, 1.82) is 0 Å². The number of hydrogen-bond acceptors (Lipinski definition) is 7. The van der Waals surface area contributed by atoms with Crippen LogP contribution in [0.5, 0.6) is 0 Å². The van der Waals surface area contributed by atoms with Crippen molar-refractivity contribution in [3.63, 3.8) is 0 Å². The molecule has 0 radical (unpaired) electrons. The summed E-state index contributed by atoms with van der Waals surface area (Å²) in [6, 6.07) is 8.23. The minimum absolute atomic E-state index is 0.00317. The molecule has 5 aromatic rings. The van der Waals surface area contributed by atoms with Crippen LogP contribution in [-0.2, 0) is 11.3 Å². The van der Waals surface area contributed by atoms with Gasteiger partial charge in [-0.25, -0.2) is 27.7 Å². The van der Waals surface area contributed by atoms with Gasteiger partial charge in [0.15, 0.2) is 11.5 Å². The topological polar surface area (TPSA) is 128 Å². The number of alkyl halides is 2. The zero-order valence-electron chi connectivity index (χ0n) is 20.9. The Morgan fingerprint density at radius 2 is 2.00 bits per heavy atom. The Morgan fingerprint density at radius 1 is 1.18 bits per heavy atom. The number of amides is 2. The molecule has 1 aromatic carbocycles.